The zero-order valence-electron chi connectivity index (χ0n) is 21.4. The van der Waals surface area contributed by atoms with Crippen LogP contribution in [0.5, 0.6) is 0 Å². The number of fused-ring (bicyclic) bond motifs is 1. The Labute approximate surface area is 213 Å². The van der Waals surface area contributed by atoms with Crippen molar-refractivity contribution >= 4 is 28.5 Å². The fourth-order valence-corrected chi connectivity index (χ4v) is 4.77. The molecular weight excluding hydrogens is 456 g/mol. The van der Waals surface area contributed by atoms with Gasteiger partial charge in [0.1, 0.15) is 6.04 Å². The molecule has 2 aliphatic rings. The van der Waals surface area contributed by atoms with Crippen molar-refractivity contribution in [2.75, 3.05) is 19.7 Å². The maximum atomic E-state index is 12.6. The maximum Gasteiger partial charge on any atom is 0.251 e. The lowest BCUT2D eigenvalue weighted by Gasteiger charge is -2.25. The third kappa shape index (κ3) is 7.77. The highest BCUT2D eigenvalue weighted by Gasteiger charge is 2.38. The highest BCUT2D eigenvalue weighted by Crippen LogP contribution is 2.22. The van der Waals surface area contributed by atoms with Crippen molar-refractivity contribution in [2.45, 2.75) is 70.5 Å². The fourth-order valence-electron chi connectivity index (χ4n) is 4.77. The molecule has 0 radical (unpaired) electrons. The lowest BCUT2D eigenvalue weighted by molar-refractivity contribution is -0.138. The minimum atomic E-state index is -0.705. The van der Waals surface area contributed by atoms with Crippen LogP contribution in [0.15, 0.2) is 42.5 Å². The number of carbonyl (C=O) groups excluding carboxylic acids is 3. The van der Waals surface area contributed by atoms with Crippen molar-refractivity contribution in [1.82, 2.24) is 15.5 Å². The van der Waals surface area contributed by atoms with Crippen LogP contribution in [0.1, 0.15) is 62.7 Å². The molecule has 2 aromatic rings. The summed E-state index contributed by atoms with van der Waals surface area (Å²) in [6, 6.07) is 11.6. The first kappa shape index (κ1) is 27.6. The van der Waals surface area contributed by atoms with Crippen molar-refractivity contribution in [3.8, 4) is 0 Å². The van der Waals surface area contributed by atoms with Crippen molar-refractivity contribution in [2.24, 2.45) is 11.7 Å². The summed E-state index contributed by atoms with van der Waals surface area (Å²) < 4.78 is 0. The summed E-state index contributed by atoms with van der Waals surface area (Å²) in [5.74, 6) is -0.0474. The Hall–Kier alpha value is -2.97. The summed E-state index contributed by atoms with van der Waals surface area (Å²) in [7, 11) is 0. The summed E-state index contributed by atoms with van der Waals surface area (Å²) in [6.07, 6.45) is 7.78. The van der Waals surface area contributed by atoms with Gasteiger partial charge in [-0.05, 0) is 42.2 Å². The van der Waals surface area contributed by atoms with E-state index in [2.05, 4.69) is 17.6 Å². The predicted octanol–water partition coefficient (Wildman–Crippen LogP) is 2.58. The highest BCUT2D eigenvalue weighted by atomic mass is 16.3. The van der Waals surface area contributed by atoms with Gasteiger partial charge in [0.05, 0.1) is 13.2 Å². The first-order valence-corrected chi connectivity index (χ1v) is 13.0. The van der Waals surface area contributed by atoms with E-state index >= 15 is 0 Å². The van der Waals surface area contributed by atoms with E-state index in [0.29, 0.717) is 12.0 Å². The van der Waals surface area contributed by atoms with Gasteiger partial charge in [0.25, 0.3) is 5.91 Å². The van der Waals surface area contributed by atoms with Gasteiger partial charge in [0.15, 0.2) is 0 Å². The summed E-state index contributed by atoms with van der Waals surface area (Å²) in [6.45, 7) is 3.86. The topological polar surface area (TPSA) is 125 Å². The zero-order chi connectivity index (χ0) is 26.1. The Morgan fingerprint density at radius 3 is 2.42 bits per heavy atom. The quantitative estimate of drug-likeness (QED) is 0.489. The molecule has 4 rings (SSSR count). The normalized spacial score (nSPS) is 20.8. The number of hydrogen-bond donors (Lipinski definition) is 4. The number of nitrogens with two attached hydrogens (primary N) is 1. The second kappa shape index (κ2) is 13.4. The van der Waals surface area contributed by atoms with Gasteiger partial charge in [-0.25, -0.2) is 0 Å². The number of aliphatic hydroxyl groups is 1. The van der Waals surface area contributed by atoms with Crippen molar-refractivity contribution in [3.05, 3.63) is 48.0 Å². The van der Waals surface area contributed by atoms with Gasteiger partial charge < -0.3 is 26.4 Å². The molecule has 8 nitrogen and oxygen atoms in total. The Balaban J connectivity index is 0.000000444. The van der Waals surface area contributed by atoms with Crippen molar-refractivity contribution in [1.29, 1.82) is 0 Å². The molecule has 3 atom stereocenters. The third-order valence-electron chi connectivity index (χ3n) is 6.92. The highest BCUT2D eigenvalue weighted by molar-refractivity contribution is 6.00. The number of carbonyl (C=O) groups is 3. The smallest absolute Gasteiger partial charge is 0.251 e. The van der Waals surface area contributed by atoms with E-state index in [1.807, 2.05) is 30.3 Å². The van der Waals surface area contributed by atoms with Gasteiger partial charge in [-0.15, -0.1) is 0 Å². The molecule has 196 valence electrons. The van der Waals surface area contributed by atoms with Crippen LogP contribution < -0.4 is 16.4 Å². The SMILES string of the molecule is CC(CO)NC(=O)C1CC(N)CN1C(=O)CNC(=O)c1ccc2ccccc2c1.CC1CCCCC1. The Morgan fingerprint density at radius 1 is 1.08 bits per heavy atom. The molecular formula is C28H40N4O4. The second-order valence-electron chi connectivity index (χ2n) is 10.1. The number of likely N-dealkylation sites (tertiary alicyclic amines) is 1. The Bertz CT molecular complexity index is 1040. The van der Waals surface area contributed by atoms with E-state index in [-0.39, 0.29) is 43.5 Å². The lowest BCUT2D eigenvalue weighted by atomic mass is 9.91. The summed E-state index contributed by atoms with van der Waals surface area (Å²) in [5.41, 5.74) is 6.40. The van der Waals surface area contributed by atoms with E-state index in [4.69, 9.17) is 10.8 Å². The number of rotatable bonds is 6. The molecule has 1 saturated heterocycles. The van der Waals surface area contributed by atoms with Gasteiger partial charge in [-0.1, -0.05) is 69.4 Å². The summed E-state index contributed by atoms with van der Waals surface area (Å²) in [4.78, 5) is 38.9. The lowest BCUT2D eigenvalue weighted by Crippen LogP contribution is -2.51. The number of nitrogens with one attached hydrogen (secondary N) is 2. The second-order valence-corrected chi connectivity index (χ2v) is 10.1. The molecule has 1 aliphatic heterocycles. The van der Waals surface area contributed by atoms with Crippen LogP contribution in [-0.2, 0) is 9.59 Å². The largest absolute Gasteiger partial charge is 0.394 e. The van der Waals surface area contributed by atoms with E-state index in [1.165, 1.54) is 37.0 Å². The zero-order valence-corrected chi connectivity index (χ0v) is 21.4. The van der Waals surface area contributed by atoms with Crippen LogP contribution in [0.4, 0.5) is 0 Å². The minimum absolute atomic E-state index is 0.194. The molecule has 0 spiro atoms. The number of amides is 3. The molecule has 2 aromatic carbocycles. The standard InChI is InChI=1S/C21H26N4O4.C7H14/c1-13(12-26)24-21(29)18-9-17(22)11-25(18)19(27)10-23-20(28)16-7-6-14-4-2-3-5-15(14)8-16;1-7-5-3-2-4-6-7/h2-8,13,17-18,26H,9-12,22H2,1H3,(H,23,28)(H,24,29);7H,2-6H2,1H3. The first-order chi connectivity index (χ1) is 17.3. The predicted molar refractivity (Wildman–Crippen MR) is 141 cm³/mol. The number of nitrogens with zero attached hydrogens (tertiary/aromatic N) is 1. The fraction of sp³-hybridized carbons (Fsp3) is 0.536. The molecule has 5 N–H and O–H groups in total. The van der Waals surface area contributed by atoms with Gasteiger partial charge in [0, 0.05) is 24.2 Å². The molecule has 2 fully saturated rings. The average Bonchev–Trinajstić information content (AvgIpc) is 3.29. The van der Waals surface area contributed by atoms with Crippen molar-refractivity contribution in [3.63, 3.8) is 0 Å². The van der Waals surface area contributed by atoms with Crippen molar-refractivity contribution < 1.29 is 19.5 Å². The van der Waals surface area contributed by atoms with Crippen LogP contribution in [0.2, 0.25) is 0 Å². The van der Waals surface area contributed by atoms with E-state index in [0.717, 1.165) is 16.7 Å². The molecule has 1 saturated carbocycles. The summed E-state index contributed by atoms with van der Waals surface area (Å²) >= 11 is 0. The van der Waals surface area contributed by atoms with E-state index in [1.54, 1.807) is 19.1 Å². The molecule has 0 bridgehead atoms. The Morgan fingerprint density at radius 2 is 1.78 bits per heavy atom. The number of aliphatic hydroxyl groups excluding tert-OH is 1. The van der Waals surface area contributed by atoms with Gasteiger partial charge in [-0.3, -0.25) is 14.4 Å². The minimum Gasteiger partial charge on any atom is -0.394 e. The molecule has 1 heterocycles. The third-order valence-corrected chi connectivity index (χ3v) is 6.92. The molecule has 1 aliphatic carbocycles. The molecule has 0 aromatic heterocycles. The van der Waals surface area contributed by atoms with E-state index in [9.17, 15) is 14.4 Å². The van der Waals surface area contributed by atoms with Crippen LogP contribution in [-0.4, -0.2) is 65.5 Å². The maximum absolute atomic E-state index is 12.6. The van der Waals surface area contributed by atoms with Gasteiger partial charge >= 0.3 is 0 Å². The number of benzene rings is 2. The monoisotopic (exact) mass is 496 g/mol. The van der Waals surface area contributed by atoms with Gasteiger partial charge in [-0.2, -0.15) is 0 Å². The first-order valence-electron chi connectivity index (χ1n) is 13.0. The van der Waals surface area contributed by atoms with Crippen LogP contribution in [0, 0.1) is 5.92 Å². The van der Waals surface area contributed by atoms with Gasteiger partial charge in [0.2, 0.25) is 11.8 Å². The van der Waals surface area contributed by atoms with Crippen LogP contribution >= 0.6 is 0 Å². The molecule has 3 unspecified atom stereocenters. The molecule has 8 heteroatoms. The summed E-state index contributed by atoms with van der Waals surface area (Å²) in [5, 5.41) is 16.4. The number of hydrogen-bond acceptors (Lipinski definition) is 5. The van der Waals surface area contributed by atoms with Crippen LogP contribution in [0.25, 0.3) is 10.8 Å². The molecule has 36 heavy (non-hydrogen) atoms. The van der Waals surface area contributed by atoms with E-state index < -0.39 is 12.1 Å². The average molecular weight is 497 g/mol. The molecule has 3 amide bonds. The Kier molecular flexibility index (Phi) is 10.3. The van der Waals surface area contributed by atoms with Crippen LogP contribution in [0.3, 0.4) is 0 Å².